The highest BCUT2D eigenvalue weighted by Gasteiger charge is 2.35. The number of anilines is 1. The lowest BCUT2D eigenvalue weighted by Crippen LogP contribution is -2.30. The zero-order chi connectivity index (χ0) is 12.7. The quantitative estimate of drug-likeness (QED) is 0.741. The Labute approximate surface area is 115 Å². The molecule has 0 aromatic heterocycles. The Morgan fingerprint density at radius 2 is 1.89 bits per heavy atom. The minimum Gasteiger partial charge on any atom is -0.273 e. The van der Waals surface area contributed by atoms with Gasteiger partial charge in [0, 0.05) is 5.39 Å². The van der Waals surface area contributed by atoms with Crippen LogP contribution in [0.2, 0.25) is 0 Å². The molecule has 1 fully saturated rings. The first-order valence-electron chi connectivity index (χ1n) is 5.71. The van der Waals surface area contributed by atoms with E-state index >= 15 is 0 Å². The molecule has 0 aliphatic carbocycles. The van der Waals surface area contributed by atoms with Crippen molar-refractivity contribution in [1.82, 2.24) is 0 Å². The van der Waals surface area contributed by atoms with Crippen molar-refractivity contribution in [2.75, 3.05) is 4.90 Å². The largest absolute Gasteiger partial charge is 0.273 e. The number of thiocarbonyl (C=S) groups is 1. The average molecular weight is 273 g/mol. The molecular weight excluding hydrogens is 262 g/mol. The highest BCUT2D eigenvalue weighted by atomic mass is 32.2. The second-order valence-corrected chi connectivity index (χ2v) is 6.17. The van der Waals surface area contributed by atoms with E-state index in [0.717, 1.165) is 16.5 Å². The van der Waals surface area contributed by atoms with Gasteiger partial charge in [-0.1, -0.05) is 60.4 Å². The van der Waals surface area contributed by atoms with Crippen LogP contribution in [0.25, 0.3) is 10.8 Å². The number of hydrogen-bond acceptors (Lipinski definition) is 3. The van der Waals surface area contributed by atoms with E-state index in [4.69, 9.17) is 12.2 Å². The number of amides is 1. The summed E-state index contributed by atoms with van der Waals surface area (Å²) in [7, 11) is 0. The van der Waals surface area contributed by atoms with Crippen LogP contribution in [0.15, 0.2) is 42.5 Å². The van der Waals surface area contributed by atoms with Crippen molar-refractivity contribution in [3.63, 3.8) is 0 Å². The van der Waals surface area contributed by atoms with Crippen molar-refractivity contribution < 1.29 is 4.79 Å². The maximum Gasteiger partial charge on any atom is 0.245 e. The molecule has 1 heterocycles. The van der Waals surface area contributed by atoms with Gasteiger partial charge in [0.05, 0.1) is 10.9 Å². The Morgan fingerprint density at radius 1 is 1.17 bits per heavy atom. The molecule has 2 aromatic carbocycles. The van der Waals surface area contributed by atoms with Crippen LogP contribution in [-0.4, -0.2) is 15.5 Å². The Balaban J connectivity index is 2.21. The summed E-state index contributed by atoms with van der Waals surface area (Å²) in [5, 5.41) is 2.09. The molecule has 0 bridgehead atoms. The number of carbonyl (C=O) groups excluding carboxylic acids is 1. The van der Waals surface area contributed by atoms with Crippen molar-refractivity contribution in [2.45, 2.75) is 12.2 Å². The lowest BCUT2D eigenvalue weighted by atomic mass is 10.1. The number of carbonyl (C=O) groups is 1. The summed E-state index contributed by atoms with van der Waals surface area (Å²) >= 11 is 6.76. The topological polar surface area (TPSA) is 20.3 Å². The molecule has 0 N–H and O–H groups in total. The molecule has 0 spiro atoms. The third-order valence-electron chi connectivity index (χ3n) is 3.04. The molecule has 0 saturated carbocycles. The Hall–Kier alpha value is -1.39. The van der Waals surface area contributed by atoms with Crippen LogP contribution < -0.4 is 4.90 Å². The van der Waals surface area contributed by atoms with Crippen LogP contribution in [0, 0.1) is 0 Å². The number of hydrogen-bond donors (Lipinski definition) is 0. The molecule has 1 atom stereocenters. The molecule has 1 aliphatic heterocycles. The van der Waals surface area contributed by atoms with Crippen molar-refractivity contribution in [2.24, 2.45) is 0 Å². The van der Waals surface area contributed by atoms with Gasteiger partial charge in [-0.15, -0.1) is 0 Å². The van der Waals surface area contributed by atoms with Crippen molar-refractivity contribution >= 4 is 50.7 Å². The van der Waals surface area contributed by atoms with E-state index in [0.29, 0.717) is 4.32 Å². The van der Waals surface area contributed by atoms with Crippen LogP contribution in [0.3, 0.4) is 0 Å². The summed E-state index contributed by atoms with van der Waals surface area (Å²) in [5.41, 5.74) is 0.889. The zero-order valence-corrected chi connectivity index (χ0v) is 11.4. The van der Waals surface area contributed by atoms with Gasteiger partial charge in [-0.05, 0) is 18.4 Å². The van der Waals surface area contributed by atoms with Gasteiger partial charge in [0.25, 0.3) is 0 Å². The molecule has 0 radical (unpaired) electrons. The summed E-state index contributed by atoms with van der Waals surface area (Å²) in [5.74, 6) is 0.0707. The zero-order valence-electron chi connectivity index (χ0n) is 9.79. The van der Waals surface area contributed by atoms with Crippen LogP contribution >= 0.6 is 24.0 Å². The summed E-state index contributed by atoms with van der Waals surface area (Å²) in [6, 6.07) is 14.0. The van der Waals surface area contributed by atoms with Crippen LogP contribution in [0.5, 0.6) is 0 Å². The van der Waals surface area contributed by atoms with E-state index < -0.39 is 0 Å². The second kappa shape index (κ2) is 4.37. The SMILES string of the molecule is CC1SC(=S)N(c2cccc3ccccc23)C1=O. The molecule has 1 unspecified atom stereocenters. The molecule has 1 saturated heterocycles. The van der Waals surface area contributed by atoms with E-state index in [1.807, 2.05) is 49.4 Å². The summed E-state index contributed by atoms with van der Waals surface area (Å²) in [4.78, 5) is 13.8. The fourth-order valence-electron chi connectivity index (χ4n) is 2.15. The summed E-state index contributed by atoms with van der Waals surface area (Å²) in [6.07, 6.45) is 0. The maximum absolute atomic E-state index is 12.2. The lowest BCUT2D eigenvalue weighted by Gasteiger charge is -2.17. The van der Waals surface area contributed by atoms with Gasteiger partial charge in [0.15, 0.2) is 0 Å². The second-order valence-electron chi connectivity index (χ2n) is 4.20. The van der Waals surface area contributed by atoms with Gasteiger partial charge in [-0.3, -0.25) is 9.69 Å². The first kappa shape index (κ1) is 11.7. The van der Waals surface area contributed by atoms with E-state index in [9.17, 15) is 4.79 Å². The van der Waals surface area contributed by atoms with E-state index in [1.54, 1.807) is 4.90 Å². The molecule has 2 aromatic rings. The van der Waals surface area contributed by atoms with Crippen LogP contribution in [0.1, 0.15) is 6.92 Å². The highest BCUT2D eigenvalue weighted by Crippen LogP contribution is 2.35. The smallest absolute Gasteiger partial charge is 0.245 e. The van der Waals surface area contributed by atoms with Crippen LogP contribution in [-0.2, 0) is 4.79 Å². The molecule has 90 valence electrons. The van der Waals surface area contributed by atoms with Gasteiger partial charge in [-0.2, -0.15) is 0 Å². The fourth-order valence-corrected chi connectivity index (χ4v) is 3.57. The minimum atomic E-state index is -0.0866. The predicted octanol–water partition coefficient (Wildman–Crippen LogP) is 3.59. The third kappa shape index (κ3) is 1.72. The molecule has 18 heavy (non-hydrogen) atoms. The van der Waals surface area contributed by atoms with Crippen molar-refractivity contribution in [3.8, 4) is 0 Å². The number of fused-ring (bicyclic) bond motifs is 1. The first-order valence-corrected chi connectivity index (χ1v) is 6.99. The first-order chi connectivity index (χ1) is 8.68. The number of nitrogens with zero attached hydrogens (tertiary/aromatic N) is 1. The maximum atomic E-state index is 12.2. The van der Waals surface area contributed by atoms with Gasteiger partial charge in [-0.25, -0.2) is 0 Å². The predicted molar refractivity (Wildman–Crippen MR) is 81.1 cm³/mol. The fraction of sp³-hybridized carbons (Fsp3) is 0.143. The lowest BCUT2D eigenvalue weighted by molar-refractivity contribution is -0.116. The number of benzene rings is 2. The van der Waals surface area contributed by atoms with Gasteiger partial charge in [0.2, 0.25) is 5.91 Å². The molecule has 1 amide bonds. The number of rotatable bonds is 1. The van der Waals surface area contributed by atoms with Crippen LogP contribution in [0.4, 0.5) is 5.69 Å². The normalized spacial score (nSPS) is 19.8. The van der Waals surface area contributed by atoms with Gasteiger partial charge >= 0.3 is 0 Å². The van der Waals surface area contributed by atoms with Crippen molar-refractivity contribution in [1.29, 1.82) is 0 Å². The number of thioether (sulfide) groups is 1. The van der Waals surface area contributed by atoms with E-state index in [1.165, 1.54) is 11.8 Å². The molecular formula is C14H11NOS2. The Bertz CT molecular complexity index is 648. The molecule has 4 heteroatoms. The molecule has 2 nitrogen and oxygen atoms in total. The Morgan fingerprint density at radius 3 is 2.61 bits per heavy atom. The molecule has 3 rings (SSSR count). The Kier molecular flexibility index (Phi) is 2.84. The third-order valence-corrected chi connectivity index (χ3v) is 4.45. The summed E-state index contributed by atoms with van der Waals surface area (Å²) < 4.78 is 0.642. The minimum absolute atomic E-state index is 0.0707. The van der Waals surface area contributed by atoms with E-state index in [-0.39, 0.29) is 11.2 Å². The van der Waals surface area contributed by atoms with Gasteiger partial charge < -0.3 is 0 Å². The molecule has 1 aliphatic rings. The highest BCUT2D eigenvalue weighted by molar-refractivity contribution is 8.25. The van der Waals surface area contributed by atoms with E-state index in [2.05, 4.69) is 0 Å². The van der Waals surface area contributed by atoms with Gasteiger partial charge in [0.1, 0.15) is 4.32 Å². The average Bonchev–Trinajstić information content (AvgIpc) is 2.63. The standard InChI is InChI=1S/C14H11NOS2/c1-9-13(16)15(14(17)18-9)12-8-4-6-10-5-2-3-7-11(10)12/h2-9H,1H3. The van der Waals surface area contributed by atoms with Crippen molar-refractivity contribution in [3.05, 3.63) is 42.5 Å². The summed E-state index contributed by atoms with van der Waals surface area (Å²) in [6.45, 7) is 1.89. The monoisotopic (exact) mass is 273 g/mol.